The molecule has 6 nitrogen and oxygen atoms in total. The fourth-order valence-corrected chi connectivity index (χ4v) is 3.82. The summed E-state index contributed by atoms with van der Waals surface area (Å²) >= 11 is 0. The van der Waals surface area contributed by atoms with Crippen molar-refractivity contribution in [2.24, 2.45) is 0 Å². The first kappa shape index (κ1) is 20.4. The lowest BCUT2D eigenvalue weighted by Gasteiger charge is -2.24. The van der Waals surface area contributed by atoms with Gasteiger partial charge in [-0.25, -0.2) is 4.79 Å². The van der Waals surface area contributed by atoms with Crippen molar-refractivity contribution in [3.63, 3.8) is 0 Å². The van der Waals surface area contributed by atoms with E-state index in [1.54, 1.807) is 41.4 Å². The number of benzene rings is 1. The molecule has 134 valence electrons. The number of methoxy groups -OCH3 is 1. The molecule has 1 aromatic rings. The van der Waals surface area contributed by atoms with Crippen LogP contribution in [-0.2, 0) is 22.8 Å². The third kappa shape index (κ3) is 6.08. The van der Waals surface area contributed by atoms with Gasteiger partial charge in [-0.05, 0) is 37.1 Å². The van der Waals surface area contributed by atoms with Gasteiger partial charge in [0.1, 0.15) is 5.75 Å². The van der Waals surface area contributed by atoms with Gasteiger partial charge in [-0.2, -0.15) is 0 Å². The predicted molar refractivity (Wildman–Crippen MR) is 93.8 cm³/mol. The van der Waals surface area contributed by atoms with Crippen LogP contribution >= 0.6 is 0 Å². The van der Waals surface area contributed by atoms with Gasteiger partial charge in [0, 0.05) is 32.9 Å². The lowest BCUT2D eigenvalue weighted by molar-refractivity contribution is -0.138. The molecule has 0 aliphatic heterocycles. The molecule has 0 bridgehead atoms. The molecule has 1 aromatic carbocycles. The predicted octanol–water partition coefficient (Wildman–Crippen LogP) is 2.91. The van der Waals surface area contributed by atoms with E-state index in [-0.39, 0.29) is 12.6 Å². The zero-order chi connectivity index (χ0) is 18.0. The second-order valence-corrected chi connectivity index (χ2v) is 8.23. The summed E-state index contributed by atoms with van der Waals surface area (Å²) in [5.74, 6) is 0.430. The van der Waals surface area contributed by atoms with E-state index in [1.165, 1.54) is 0 Å². The number of hydrogen-bond donors (Lipinski definition) is 0. The Morgan fingerprint density at radius 1 is 1.04 bits per heavy atom. The standard InChI is InChI=1S/C17H26O6Si/c1-14(13-15-7-9-16(19-2)10-8-15)17(18)23-11-6-12-24(20-3,21-4)22-5/h7-10,13H,6,11-12H2,1-5H3. The van der Waals surface area contributed by atoms with Crippen LogP contribution in [0.4, 0.5) is 0 Å². The van der Waals surface area contributed by atoms with Crippen LogP contribution in [0, 0.1) is 0 Å². The lowest BCUT2D eigenvalue weighted by Crippen LogP contribution is -2.42. The second kappa shape index (κ2) is 10.2. The molecule has 0 fully saturated rings. The molecule has 7 heteroatoms. The van der Waals surface area contributed by atoms with Crippen molar-refractivity contribution >= 4 is 20.8 Å². The van der Waals surface area contributed by atoms with Gasteiger partial charge in [-0.3, -0.25) is 0 Å². The molecule has 0 unspecified atom stereocenters. The highest BCUT2D eigenvalue weighted by molar-refractivity contribution is 6.60. The number of rotatable bonds is 10. The van der Waals surface area contributed by atoms with Crippen molar-refractivity contribution in [2.45, 2.75) is 19.4 Å². The van der Waals surface area contributed by atoms with Crippen LogP contribution in [0.15, 0.2) is 29.8 Å². The van der Waals surface area contributed by atoms with Gasteiger partial charge in [0.05, 0.1) is 13.7 Å². The zero-order valence-electron chi connectivity index (χ0n) is 15.0. The third-order valence-corrected chi connectivity index (χ3v) is 6.45. The molecule has 0 aliphatic carbocycles. The van der Waals surface area contributed by atoms with Crippen LogP contribution in [0.3, 0.4) is 0 Å². The molecule has 24 heavy (non-hydrogen) atoms. The van der Waals surface area contributed by atoms with Crippen LogP contribution < -0.4 is 4.74 Å². The molecule has 0 heterocycles. The number of hydrogen-bond acceptors (Lipinski definition) is 6. The van der Waals surface area contributed by atoms with Crippen molar-refractivity contribution < 1.29 is 27.5 Å². The minimum absolute atomic E-state index is 0.289. The van der Waals surface area contributed by atoms with Crippen LogP contribution in [0.2, 0.25) is 6.04 Å². The Kier molecular flexibility index (Phi) is 8.70. The smallest absolute Gasteiger partial charge is 0.497 e. The topological polar surface area (TPSA) is 63.2 Å². The Balaban J connectivity index is 2.47. The first-order valence-electron chi connectivity index (χ1n) is 7.65. The van der Waals surface area contributed by atoms with E-state index in [9.17, 15) is 4.79 Å². The maximum absolute atomic E-state index is 12.0. The van der Waals surface area contributed by atoms with Crippen molar-refractivity contribution in [1.82, 2.24) is 0 Å². The normalized spacial score (nSPS) is 12.1. The SMILES string of the molecule is COc1ccc(C=C(C)C(=O)OCCC[Si](OC)(OC)OC)cc1. The third-order valence-electron chi connectivity index (χ3n) is 3.61. The fraction of sp³-hybridized carbons (Fsp3) is 0.471. The van der Waals surface area contributed by atoms with Crippen LogP contribution in [0.5, 0.6) is 5.75 Å². The molecule has 1 rings (SSSR count). The Morgan fingerprint density at radius 2 is 1.62 bits per heavy atom. The molecular formula is C17H26O6Si. The number of carbonyl (C=O) groups is 1. The minimum Gasteiger partial charge on any atom is -0.497 e. The summed E-state index contributed by atoms with van der Waals surface area (Å²) in [5.41, 5.74) is 1.45. The second-order valence-electron chi connectivity index (χ2n) is 5.14. The summed E-state index contributed by atoms with van der Waals surface area (Å²) in [6, 6.07) is 8.03. The van der Waals surface area contributed by atoms with E-state index < -0.39 is 8.80 Å². The van der Waals surface area contributed by atoms with Gasteiger partial charge >= 0.3 is 14.8 Å². The Morgan fingerprint density at radius 3 is 2.12 bits per heavy atom. The molecule has 0 N–H and O–H groups in total. The Labute approximate surface area is 144 Å². The van der Waals surface area contributed by atoms with Crippen molar-refractivity contribution in [2.75, 3.05) is 35.0 Å². The van der Waals surface area contributed by atoms with Crippen molar-refractivity contribution in [3.05, 3.63) is 35.4 Å². The van der Waals surface area contributed by atoms with Crippen LogP contribution in [-0.4, -0.2) is 49.8 Å². The van der Waals surface area contributed by atoms with Crippen molar-refractivity contribution in [3.8, 4) is 5.75 Å². The molecule has 0 aromatic heterocycles. The summed E-state index contributed by atoms with van der Waals surface area (Å²) in [7, 11) is 3.70. The van der Waals surface area contributed by atoms with E-state index in [2.05, 4.69) is 0 Å². The molecule has 0 radical (unpaired) electrons. The van der Waals surface area contributed by atoms with Gasteiger partial charge < -0.3 is 22.8 Å². The first-order valence-corrected chi connectivity index (χ1v) is 9.58. The van der Waals surface area contributed by atoms with E-state index in [0.717, 1.165) is 11.3 Å². The van der Waals surface area contributed by atoms with Gasteiger partial charge in [-0.1, -0.05) is 12.1 Å². The number of ether oxygens (including phenoxy) is 2. The molecule has 0 aliphatic rings. The molecule has 0 saturated heterocycles. The Bertz CT molecular complexity index is 528. The van der Waals surface area contributed by atoms with E-state index >= 15 is 0 Å². The molecule has 0 atom stereocenters. The molecule has 0 saturated carbocycles. The van der Waals surface area contributed by atoms with Gasteiger partial charge in [0.25, 0.3) is 0 Å². The highest BCUT2D eigenvalue weighted by atomic mass is 28.4. The number of esters is 1. The van der Waals surface area contributed by atoms with Gasteiger partial charge in [0.15, 0.2) is 0 Å². The maximum Gasteiger partial charge on any atom is 0.500 e. The summed E-state index contributed by atoms with van der Waals surface area (Å²) in [6.07, 6.45) is 2.39. The summed E-state index contributed by atoms with van der Waals surface area (Å²) in [6.45, 7) is 2.02. The fourth-order valence-electron chi connectivity index (χ4n) is 2.13. The van der Waals surface area contributed by atoms with E-state index in [4.69, 9.17) is 22.8 Å². The average Bonchev–Trinajstić information content (AvgIpc) is 2.63. The van der Waals surface area contributed by atoms with Crippen LogP contribution in [0.25, 0.3) is 6.08 Å². The maximum atomic E-state index is 12.0. The minimum atomic E-state index is -2.60. The lowest BCUT2D eigenvalue weighted by atomic mass is 10.1. The van der Waals surface area contributed by atoms with Crippen molar-refractivity contribution in [1.29, 1.82) is 0 Å². The average molecular weight is 354 g/mol. The van der Waals surface area contributed by atoms with Gasteiger partial charge in [0.2, 0.25) is 0 Å². The van der Waals surface area contributed by atoms with Crippen LogP contribution in [0.1, 0.15) is 18.9 Å². The summed E-state index contributed by atoms with van der Waals surface area (Å²) in [5, 5.41) is 0. The first-order chi connectivity index (χ1) is 11.5. The van der Waals surface area contributed by atoms with E-state index in [1.807, 2.05) is 24.3 Å². The summed E-state index contributed by atoms with van der Waals surface area (Å²) < 4.78 is 26.3. The monoisotopic (exact) mass is 354 g/mol. The quantitative estimate of drug-likeness (QED) is 0.279. The Hall–Kier alpha value is -1.67. The van der Waals surface area contributed by atoms with Gasteiger partial charge in [-0.15, -0.1) is 0 Å². The number of carbonyl (C=O) groups excluding carboxylic acids is 1. The highest BCUT2D eigenvalue weighted by Crippen LogP contribution is 2.16. The largest absolute Gasteiger partial charge is 0.500 e. The highest BCUT2D eigenvalue weighted by Gasteiger charge is 2.36. The molecule has 0 amide bonds. The summed E-state index contributed by atoms with van der Waals surface area (Å²) in [4.78, 5) is 12.0. The van der Waals surface area contributed by atoms with E-state index in [0.29, 0.717) is 18.0 Å². The molecular weight excluding hydrogens is 328 g/mol. The molecule has 0 spiro atoms. The zero-order valence-corrected chi connectivity index (χ0v) is 16.0.